The normalized spacial score (nSPS) is 12.2. The van der Waals surface area contributed by atoms with Gasteiger partial charge in [-0.05, 0) is 31.5 Å². The topological polar surface area (TPSA) is 69.6 Å². The molecule has 1 atom stereocenters. The summed E-state index contributed by atoms with van der Waals surface area (Å²) < 4.78 is 0.728. The Bertz CT molecular complexity index is 379. The van der Waals surface area contributed by atoms with E-state index in [9.17, 15) is 4.79 Å². The molecule has 4 nitrogen and oxygen atoms in total. The lowest BCUT2D eigenvalue weighted by Gasteiger charge is -2.10. The molecule has 0 aliphatic heterocycles. The molecule has 88 valence electrons. The van der Waals surface area contributed by atoms with E-state index < -0.39 is 12.1 Å². The second kappa shape index (κ2) is 5.86. The number of hydrogen-bond acceptors (Lipinski definition) is 3. The van der Waals surface area contributed by atoms with Crippen molar-refractivity contribution >= 4 is 27.6 Å². The molecular formula is C11H14BrNO3. The number of nitrogens with one attached hydrogen (secondary N) is 1. The zero-order valence-corrected chi connectivity index (χ0v) is 10.5. The maximum atomic E-state index is 11.0. The minimum absolute atomic E-state index is 0.222. The Labute approximate surface area is 102 Å². The molecule has 0 heterocycles. The number of aliphatic hydroxyl groups excluding tert-OH is 1. The molecule has 1 unspecified atom stereocenters. The summed E-state index contributed by atoms with van der Waals surface area (Å²) in [4.78, 5) is 11.0. The van der Waals surface area contributed by atoms with Crippen molar-refractivity contribution in [1.82, 2.24) is 0 Å². The number of anilines is 1. The lowest BCUT2D eigenvalue weighted by Crippen LogP contribution is -2.12. The minimum atomic E-state index is -0.971. The van der Waals surface area contributed by atoms with Gasteiger partial charge in [0.15, 0.2) is 0 Å². The van der Waals surface area contributed by atoms with Crippen LogP contribution in [0.5, 0.6) is 0 Å². The van der Waals surface area contributed by atoms with E-state index >= 15 is 0 Å². The van der Waals surface area contributed by atoms with Crippen molar-refractivity contribution < 1.29 is 15.0 Å². The van der Waals surface area contributed by atoms with Crippen LogP contribution in [0.1, 0.15) is 23.7 Å². The molecule has 0 aliphatic rings. The van der Waals surface area contributed by atoms with Crippen molar-refractivity contribution in [3.05, 3.63) is 28.2 Å². The molecule has 0 radical (unpaired) electrons. The van der Waals surface area contributed by atoms with Gasteiger partial charge in [0.1, 0.15) is 0 Å². The highest BCUT2D eigenvalue weighted by atomic mass is 79.9. The molecule has 5 heteroatoms. The predicted octanol–water partition coefficient (Wildman–Crippen LogP) is 2.33. The SMILES string of the molecule is CC(O)CCNc1ccc(Br)cc1C(=O)O. The van der Waals surface area contributed by atoms with Gasteiger partial charge in [-0.3, -0.25) is 0 Å². The fourth-order valence-corrected chi connectivity index (χ4v) is 1.62. The first-order chi connectivity index (χ1) is 7.50. The van der Waals surface area contributed by atoms with Crippen LogP contribution < -0.4 is 5.32 Å². The Morgan fingerprint density at radius 2 is 2.25 bits per heavy atom. The number of benzene rings is 1. The van der Waals surface area contributed by atoms with Gasteiger partial charge in [0, 0.05) is 16.7 Å². The van der Waals surface area contributed by atoms with Crippen LogP contribution >= 0.6 is 15.9 Å². The molecule has 0 saturated carbocycles. The average molecular weight is 288 g/mol. The number of carboxylic acid groups (broad SMARTS) is 1. The lowest BCUT2D eigenvalue weighted by molar-refractivity contribution is 0.0698. The van der Waals surface area contributed by atoms with E-state index in [0.717, 1.165) is 4.47 Å². The fraction of sp³-hybridized carbons (Fsp3) is 0.364. The van der Waals surface area contributed by atoms with E-state index in [1.165, 1.54) is 0 Å². The second-order valence-corrected chi connectivity index (χ2v) is 4.48. The molecule has 0 aromatic heterocycles. The van der Waals surface area contributed by atoms with Gasteiger partial charge in [-0.15, -0.1) is 0 Å². The van der Waals surface area contributed by atoms with Gasteiger partial charge < -0.3 is 15.5 Å². The van der Waals surface area contributed by atoms with Gasteiger partial charge in [-0.25, -0.2) is 4.79 Å². The molecule has 1 rings (SSSR count). The van der Waals surface area contributed by atoms with Crippen molar-refractivity contribution in [3.8, 4) is 0 Å². The molecule has 0 fully saturated rings. The quantitative estimate of drug-likeness (QED) is 0.777. The molecule has 0 aliphatic carbocycles. The van der Waals surface area contributed by atoms with Crippen LogP contribution in [-0.2, 0) is 0 Å². The summed E-state index contributed by atoms with van der Waals surface area (Å²) >= 11 is 3.22. The highest BCUT2D eigenvalue weighted by Gasteiger charge is 2.10. The zero-order chi connectivity index (χ0) is 12.1. The molecule has 0 bridgehead atoms. The number of rotatable bonds is 5. The zero-order valence-electron chi connectivity index (χ0n) is 8.90. The van der Waals surface area contributed by atoms with Crippen LogP contribution in [0.4, 0.5) is 5.69 Å². The first kappa shape index (κ1) is 13.0. The van der Waals surface area contributed by atoms with E-state index in [2.05, 4.69) is 21.2 Å². The maximum Gasteiger partial charge on any atom is 0.337 e. The predicted molar refractivity (Wildman–Crippen MR) is 65.9 cm³/mol. The fourth-order valence-electron chi connectivity index (χ4n) is 1.26. The van der Waals surface area contributed by atoms with Crippen LogP contribution in [0.3, 0.4) is 0 Å². The Morgan fingerprint density at radius 1 is 1.56 bits per heavy atom. The van der Waals surface area contributed by atoms with Gasteiger partial charge in [0.05, 0.1) is 11.7 Å². The monoisotopic (exact) mass is 287 g/mol. The van der Waals surface area contributed by atoms with Crippen molar-refractivity contribution in [2.24, 2.45) is 0 Å². The molecule has 0 spiro atoms. The second-order valence-electron chi connectivity index (χ2n) is 3.56. The third kappa shape index (κ3) is 3.83. The highest BCUT2D eigenvalue weighted by Crippen LogP contribution is 2.21. The van der Waals surface area contributed by atoms with Crippen LogP contribution in [-0.4, -0.2) is 28.8 Å². The summed E-state index contributed by atoms with van der Waals surface area (Å²) in [6, 6.07) is 5.03. The minimum Gasteiger partial charge on any atom is -0.478 e. The van der Waals surface area contributed by atoms with E-state index in [-0.39, 0.29) is 5.56 Å². The number of aliphatic hydroxyl groups is 1. The third-order valence-corrected chi connectivity index (χ3v) is 2.58. The van der Waals surface area contributed by atoms with E-state index in [4.69, 9.17) is 10.2 Å². The van der Waals surface area contributed by atoms with Gasteiger partial charge in [0.2, 0.25) is 0 Å². The number of hydrogen-bond donors (Lipinski definition) is 3. The largest absolute Gasteiger partial charge is 0.478 e. The molecule has 3 N–H and O–H groups in total. The van der Waals surface area contributed by atoms with Crippen molar-refractivity contribution in [1.29, 1.82) is 0 Å². The maximum absolute atomic E-state index is 11.0. The summed E-state index contributed by atoms with van der Waals surface area (Å²) in [6.45, 7) is 2.24. The van der Waals surface area contributed by atoms with Crippen LogP contribution in [0.15, 0.2) is 22.7 Å². The smallest absolute Gasteiger partial charge is 0.337 e. The van der Waals surface area contributed by atoms with Gasteiger partial charge in [-0.2, -0.15) is 0 Å². The molecule has 0 amide bonds. The highest BCUT2D eigenvalue weighted by molar-refractivity contribution is 9.10. The van der Waals surface area contributed by atoms with Gasteiger partial charge >= 0.3 is 5.97 Å². The standard InChI is InChI=1S/C11H14BrNO3/c1-7(14)4-5-13-10-3-2-8(12)6-9(10)11(15)16/h2-3,6-7,13-14H,4-5H2,1H3,(H,15,16). The van der Waals surface area contributed by atoms with Crippen LogP contribution in [0.25, 0.3) is 0 Å². The number of carboxylic acids is 1. The summed E-state index contributed by atoms with van der Waals surface area (Å²) in [6.07, 6.45) is 0.186. The molecular weight excluding hydrogens is 274 g/mol. The van der Waals surface area contributed by atoms with E-state index in [1.807, 2.05) is 0 Å². The third-order valence-electron chi connectivity index (χ3n) is 2.09. The average Bonchev–Trinajstić information content (AvgIpc) is 2.19. The van der Waals surface area contributed by atoms with Crippen LogP contribution in [0, 0.1) is 0 Å². The van der Waals surface area contributed by atoms with Gasteiger partial charge in [-0.1, -0.05) is 15.9 Å². The molecule has 1 aromatic carbocycles. The number of carbonyl (C=O) groups is 1. The lowest BCUT2D eigenvalue weighted by atomic mass is 10.1. The van der Waals surface area contributed by atoms with Crippen molar-refractivity contribution in [2.45, 2.75) is 19.4 Å². The van der Waals surface area contributed by atoms with E-state index in [0.29, 0.717) is 18.7 Å². The Morgan fingerprint density at radius 3 is 2.81 bits per heavy atom. The molecule has 0 saturated heterocycles. The van der Waals surface area contributed by atoms with E-state index in [1.54, 1.807) is 25.1 Å². The Balaban J connectivity index is 2.75. The Hall–Kier alpha value is -1.07. The number of aromatic carboxylic acids is 1. The van der Waals surface area contributed by atoms with Crippen molar-refractivity contribution in [3.63, 3.8) is 0 Å². The van der Waals surface area contributed by atoms with Crippen LogP contribution in [0.2, 0.25) is 0 Å². The summed E-state index contributed by atoms with van der Waals surface area (Å²) in [5.41, 5.74) is 0.788. The van der Waals surface area contributed by atoms with Gasteiger partial charge in [0.25, 0.3) is 0 Å². The first-order valence-corrected chi connectivity index (χ1v) is 5.75. The summed E-state index contributed by atoms with van der Waals surface area (Å²) in [7, 11) is 0. The van der Waals surface area contributed by atoms with Crippen molar-refractivity contribution in [2.75, 3.05) is 11.9 Å². The Kier molecular flexibility index (Phi) is 4.76. The molecule has 1 aromatic rings. The first-order valence-electron chi connectivity index (χ1n) is 4.95. The number of halogens is 1. The summed E-state index contributed by atoms with van der Waals surface area (Å²) in [5.74, 6) is -0.971. The molecule has 16 heavy (non-hydrogen) atoms. The summed E-state index contributed by atoms with van der Waals surface area (Å²) in [5, 5.41) is 21.1.